The lowest BCUT2D eigenvalue weighted by atomic mass is 10.1. The number of hydrogen-bond donors (Lipinski definition) is 1. The average molecular weight is 323 g/mol. The number of ether oxygens (including phenoxy) is 1. The van der Waals surface area contributed by atoms with E-state index in [-0.39, 0.29) is 17.7 Å². The van der Waals surface area contributed by atoms with Crippen molar-refractivity contribution in [3.05, 3.63) is 29.6 Å². The fourth-order valence-corrected chi connectivity index (χ4v) is 2.49. The molecule has 0 radical (unpaired) electrons. The van der Waals surface area contributed by atoms with Crippen LogP contribution in [0.1, 0.15) is 19.4 Å². The zero-order valence-corrected chi connectivity index (χ0v) is 13.9. The molecule has 1 aliphatic heterocycles. The maximum Gasteiger partial charge on any atom is 0.325 e. The molecule has 6 nitrogen and oxygen atoms in total. The van der Waals surface area contributed by atoms with Gasteiger partial charge >= 0.3 is 6.03 Å². The Bertz CT molecular complexity index is 619. The molecule has 1 heterocycles. The summed E-state index contributed by atoms with van der Waals surface area (Å²) in [5, 5.41) is 2.64. The van der Waals surface area contributed by atoms with Crippen LogP contribution in [0.15, 0.2) is 18.2 Å². The molecule has 0 unspecified atom stereocenters. The topological polar surface area (TPSA) is 61.9 Å². The normalized spacial score (nSPS) is 16.9. The summed E-state index contributed by atoms with van der Waals surface area (Å²) >= 11 is 0. The monoisotopic (exact) mass is 323 g/mol. The number of hydrogen-bond acceptors (Lipinski definition) is 4. The molecule has 1 saturated heterocycles. The van der Waals surface area contributed by atoms with Gasteiger partial charge in [-0.2, -0.15) is 0 Å². The molecule has 126 valence electrons. The number of imide groups is 1. The lowest BCUT2D eigenvalue weighted by Crippen LogP contribution is -2.41. The molecular formula is C16H22FN3O3. The lowest BCUT2D eigenvalue weighted by molar-refractivity contribution is -0.130. The molecular weight excluding hydrogens is 301 g/mol. The minimum absolute atomic E-state index is 0.206. The number of likely N-dealkylation sites (N-methyl/N-ethyl adjacent to an activating group) is 1. The molecule has 3 amide bonds. The highest BCUT2D eigenvalue weighted by atomic mass is 19.1. The van der Waals surface area contributed by atoms with Gasteiger partial charge in [0.15, 0.2) is 11.6 Å². The second-order valence-electron chi connectivity index (χ2n) is 6.22. The Kier molecular flexibility index (Phi) is 4.89. The minimum atomic E-state index is -0.852. The first-order valence-corrected chi connectivity index (χ1v) is 7.39. The first kappa shape index (κ1) is 17.2. The van der Waals surface area contributed by atoms with Gasteiger partial charge in [0.2, 0.25) is 0 Å². The molecule has 1 fully saturated rings. The average Bonchev–Trinajstić information content (AvgIpc) is 2.65. The number of nitrogens with one attached hydrogen (secondary N) is 1. The predicted molar refractivity (Wildman–Crippen MR) is 83.6 cm³/mol. The van der Waals surface area contributed by atoms with Gasteiger partial charge in [-0.05, 0) is 38.6 Å². The Labute approximate surface area is 135 Å². The number of carbonyl (C=O) groups excluding carboxylic acids is 2. The Hall–Kier alpha value is -2.15. The summed E-state index contributed by atoms with van der Waals surface area (Å²) in [6.07, 6.45) is 0. The van der Waals surface area contributed by atoms with E-state index in [1.807, 2.05) is 11.9 Å². The third kappa shape index (κ3) is 3.79. The molecule has 7 heteroatoms. The molecule has 0 saturated carbocycles. The molecule has 1 aromatic carbocycles. The summed E-state index contributed by atoms with van der Waals surface area (Å²) in [5.41, 5.74) is -0.0577. The van der Waals surface area contributed by atoms with E-state index in [1.54, 1.807) is 26.0 Å². The molecule has 1 N–H and O–H groups in total. The van der Waals surface area contributed by atoms with E-state index in [2.05, 4.69) is 5.32 Å². The highest BCUT2D eigenvalue weighted by Gasteiger charge is 2.43. The van der Waals surface area contributed by atoms with Crippen molar-refractivity contribution in [2.75, 3.05) is 27.2 Å². The Morgan fingerprint density at radius 2 is 2.04 bits per heavy atom. The van der Waals surface area contributed by atoms with Gasteiger partial charge in [-0.3, -0.25) is 9.69 Å². The van der Waals surface area contributed by atoms with Gasteiger partial charge in [0, 0.05) is 19.6 Å². The summed E-state index contributed by atoms with van der Waals surface area (Å²) in [6.45, 7) is 4.66. The number of urea groups is 1. The molecule has 0 bridgehead atoms. The van der Waals surface area contributed by atoms with Crippen molar-refractivity contribution in [2.45, 2.75) is 25.9 Å². The number of amides is 3. The van der Waals surface area contributed by atoms with E-state index >= 15 is 0 Å². The Morgan fingerprint density at radius 3 is 2.57 bits per heavy atom. The second-order valence-corrected chi connectivity index (χ2v) is 6.22. The van der Waals surface area contributed by atoms with Crippen LogP contribution in [0.5, 0.6) is 5.75 Å². The van der Waals surface area contributed by atoms with Crippen LogP contribution < -0.4 is 10.1 Å². The van der Waals surface area contributed by atoms with Crippen LogP contribution in [-0.2, 0) is 11.3 Å². The van der Waals surface area contributed by atoms with Crippen LogP contribution in [0.3, 0.4) is 0 Å². The van der Waals surface area contributed by atoms with E-state index in [0.717, 1.165) is 5.56 Å². The molecule has 23 heavy (non-hydrogen) atoms. The first-order valence-electron chi connectivity index (χ1n) is 7.39. The van der Waals surface area contributed by atoms with Gasteiger partial charge in [-0.1, -0.05) is 6.07 Å². The minimum Gasteiger partial charge on any atom is -0.494 e. The number of rotatable bonds is 6. The largest absolute Gasteiger partial charge is 0.494 e. The maximum atomic E-state index is 13.7. The van der Waals surface area contributed by atoms with E-state index in [9.17, 15) is 14.0 Å². The van der Waals surface area contributed by atoms with Gasteiger partial charge in [0.05, 0.1) is 7.11 Å². The van der Waals surface area contributed by atoms with Gasteiger partial charge < -0.3 is 15.0 Å². The summed E-state index contributed by atoms with van der Waals surface area (Å²) < 4.78 is 18.6. The van der Waals surface area contributed by atoms with Crippen LogP contribution in [0.25, 0.3) is 0 Å². The standard InChI is InChI=1S/C16H22FN3O3/c1-16(2)14(21)20(15(22)18-16)8-7-19(3)10-11-5-6-13(23-4)12(17)9-11/h5-6,9H,7-8,10H2,1-4H3,(H,18,22). The molecule has 0 aliphatic carbocycles. The lowest BCUT2D eigenvalue weighted by Gasteiger charge is -2.21. The fourth-order valence-electron chi connectivity index (χ4n) is 2.49. The number of halogens is 1. The SMILES string of the molecule is COc1ccc(CN(C)CCN2C(=O)NC(C)(C)C2=O)cc1F. The van der Waals surface area contributed by atoms with Gasteiger partial charge in [-0.25, -0.2) is 9.18 Å². The molecule has 1 aromatic rings. The Morgan fingerprint density at radius 1 is 1.35 bits per heavy atom. The van der Waals surface area contributed by atoms with Crippen LogP contribution >= 0.6 is 0 Å². The van der Waals surface area contributed by atoms with Crippen LogP contribution in [0, 0.1) is 5.82 Å². The zero-order valence-electron chi connectivity index (χ0n) is 13.9. The summed E-state index contributed by atoms with van der Waals surface area (Å²) in [4.78, 5) is 27.0. The number of benzene rings is 1. The second kappa shape index (κ2) is 6.54. The molecule has 0 spiro atoms. The Balaban J connectivity index is 1.91. The van der Waals surface area contributed by atoms with E-state index in [1.165, 1.54) is 18.1 Å². The van der Waals surface area contributed by atoms with Crippen LogP contribution in [0.2, 0.25) is 0 Å². The van der Waals surface area contributed by atoms with Crippen molar-refractivity contribution >= 4 is 11.9 Å². The maximum absolute atomic E-state index is 13.7. The van der Waals surface area contributed by atoms with E-state index in [0.29, 0.717) is 19.6 Å². The fraction of sp³-hybridized carbons (Fsp3) is 0.500. The molecule has 2 rings (SSSR count). The van der Waals surface area contributed by atoms with Crippen molar-refractivity contribution in [1.82, 2.24) is 15.1 Å². The molecule has 0 atom stereocenters. The quantitative estimate of drug-likeness (QED) is 0.808. The smallest absolute Gasteiger partial charge is 0.325 e. The summed E-state index contributed by atoms with van der Waals surface area (Å²) in [6, 6.07) is 4.42. The third-order valence-electron chi connectivity index (χ3n) is 3.82. The molecule has 1 aliphatic rings. The van der Waals surface area contributed by atoms with Crippen molar-refractivity contribution in [3.63, 3.8) is 0 Å². The zero-order chi connectivity index (χ0) is 17.2. The van der Waals surface area contributed by atoms with Gasteiger partial charge in [-0.15, -0.1) is 0 Å². The van der Waals surface area contributed by atoms with Crippen LogP contribution in [0.4, 0.5) is 9.18 Å². The highest BCUT2D eigenvalue weighted by Crippen LogP contribution is 2.19. The highest BCUT2D eigenvalue weighted by molar-refractivity contribution is 6.06. The van der Waals surface area contributed by atoms with Gasteiger partial charge in [0.1, 0.15) is 5.54 Å². The summed E-state index contributed by atoms with van der Waals surface area (Å²) in [7, 11) is 3.27. The van der Waals surface area contributed by atoms with Crippen molar-refractivity contribution in [1.29, 1.82) is 0 Å². The van der Waals surface area contributed by atoms with Crippen molar-refractivity contribution < 1.29 is 18.7 Å². The third-order valence-corrected chi connectivity index (χ3v) is 3.82. The van der Waals surface area contributed by atoms with E-state index < -0.39 is 11.4 Å². The first-order chi connectivity index (χ1) is 10.7. The molecule has 0 aromatic heterocycles. The van der Waals surface area contributed by atoms with E-state index in [4.69, 9.17) is 4.74 Å². The number of carbonyl (C=O) groups is 2. The number of methoxy groups -OCH3 is 1. The summed E-state index contributed by atoms with van der Waals surface area (Å²) in [5.74, 6) is -0.432. The van der Waals surface area contributed by atoms with Crippen molar-refractivity contribution in [3.8, 4) is 5.75 Å². The number of nitrogens with zero attached hydrogens (tertiary/aromatic N) is 2. The van der Waals surface area contributed by atoms with Crippen molar-refractivity contribution in [2.24, 2.45) is 0 Å². The predicted octanol–water partition coefficient (Wildman–Crippen LogP) is 1.60. The van der Waals surface area contributed by atoms with Gasteiger partial charge in [0.25, 0.3) is 5.91 Å². The van der Waals surface area contributed by atoms with Crippen LogP contribution in [-0.4, -0.2) is 54.5 Å².